The number of fused-ring (bicyclic) bond motifs is 1. The molecular formula is C18H27F2NO4. The first kappa shape index (κ1) is 17.6. The van der Waals surface area contributed by atoms with Crippen molar-refractivity contribution in [2.24, 2.45) is 23.2 Å². The largest absolute Gasteiger partial charge is 0.381 e. The van der Waals surface area contributed by atoms with E-state index in [-0.39, 0.29) is 30.1 Å². The predicted molar refractivity (Wildman–Crippen MR) is 85.4 cm³/mol. The second-order valence-electron chi connectivity index (χ2n) is 8.33. The number of alkyl halides is 2. The van der Waals surface area contributed by atoms with Crippen LogP contribution >= 0.6 is 0 Å². The van der Waals surface area contributed by atoms with Gasteiger partial charge in [0.2, 0.25) is 11.8 Å². The van der Waals surface area contributed by atoms with Crippen molar-refractivity contribution in [3.05, 3.63) is 0 Å². The molecule has 0 aromatic heterocycles. The van der Waals surface area contributed by atoms with Crippen LogP contribution < -0.4 is 0 Å². The van der Waals surface area contributed by atoms with Gasteiger partial charge in [-0.25, -0.2) is 8.78 Å². The van der Waals surface area contributed by atoms with Crippen molar-refractivity contribution in [3.63, 3.8) is 0 Å². The van der Waals surface area contributed by atoms with Crippen molar-refractivity contribution in [1.29, 1.82) is 0 Å². The molecule has 3 aliphatic heterocycles. The summed E-state index contributed by atoms with van der Waals surface area (Å²) in [7, 11) is 0. The van der Waals surface area contributed by atoms with Crippen LogP contribution in [0.4, 0.5) is 8.78 Å². The minimum Gasteiger partial charge on any atom is -0.381 e. The molecule has 25 heavy (non-hydrogen) atoms. The highest BCUT2D eigenvalue weighted by atomic mass is 19.3. The minimum atomic E-state index is -2.65. The fourth-order valence-electron chi connectivity index (χ4n) is 4.64. The Labute approximate surface area is 147 Å². The quantitative estimate of drug-likeness (QED) is 0.753. The zero-order valence-corrected chi connectivity index (χ0v) is 14.6. The second kappa shape index (κ2) is 6.74. The molecule has 0 N–H and O–H groups in total. The Bertz CT molecular complexity index is 503. The van der Waals surface area contributed by atoms with E-state index in [0.29, 0.717) is 38.8 Å². The van der Waals surface area contributed by atoms with E-state index in [1.165, 1.54) is 0 Å². The Morgan fingerprint density at radius 2 is 1.96 bits per heavy atom. The van der Waals surface area contributed by atoms with Crippen molar-refractivity contribution >= 4 is 5.91 Å². The van der Waals surface area contributed by atoms with E-state index in [9.17, 15) is 13.6 Å². The Morgan fingerprint density at radius 3 is 2.68 bits per heavy atom. The molecule has 5 nitrogen and oxygen atoms in total. The number of carbonyl (C=O) groups excluding carboxylic acids is 1. The van der Waals surface area contributed by atoms with E-state index in [1.807, 2.05) is 0 Å². The average molecular weight is 359 g/mol. The molecule has 0 aromatic rings. The molecule has 0 unspecified atom stereocenters. The molecule has 3 heterocycles. The Balaban J connectivity index is 1.30. The lowest BCUT2D eigenvalue weighted by Crippen LogP contribution is -2.47. The first-order valence-corrected chi connectivity index (χ1v) is 9.37. The van der Waals surface area contributed by atoms with E-state index in [1.54, 1.807) is 4.90 Å². The van der Waals surface area contributed by atoms with Crippen LogP contribution in [-0.4, -0.2) is 69.5 Å². The number of amides is 1. The normalized spacial score (nSPS) is 35.6. The van der Waals surface area contributed by atoms with Crippen LogP contribution in [0.25, 0.3) is 0 Å². The maximum absolute atomic E-state index is 13.1. The fraction of sp³-hybridized carbons (Fsp3) is 0.944. The molecule has 1 aliphatic carbocycles. The summed E-state index contributed by atoms with van der Waals surface area (Å²) in [4.78, 5) is 14.3. The third kappa shape index (κ3) is 3.55. The summed E-state index contributed by atoms with van der Waals surface area (Å²) in [5.41, 5.74) is -0.160. The van der Waals surface area contributed by atoms with Crippen molar-refractivity contribution in [2.75, 3.05) is 52.7 Å². The van der Waals surface area contributed by atoms with Crippen LogP contribution in [0.5, 0.6) is 0 Å². The summed E-state index contributed by atoms with van der Waals surface area (Å²) in [5, 5.41) is 0. The number of ether oxygens (including phenoxy) is 3. The molecule has 4 fully saturated rings. The van der Waals surface area contributed by atoms with E-state index in [2.05, 4.69) is 0 Å². The highest BCUT2D eigenvalue weighted by molar-refractivity contribution is 5.80. The van der Waals surface area contributed by atoms with Gasteiger partial charge in [0, 0.05) is 63.0 Å². The van der Waals surface area contributed by atoms with Crippen LogP contribution in [0.15, 0.2) is 0 Å². The molecular weight excluding hydrogens is 332 g/mol. The van der Waals surface area contributed by atoms with Gasteiger partial charge in [0.15, 0.2) is 0 Å². The van der Waals surface area contributed by atoms with E-state index in [0.717, 1.165) is 32.7 Å². The molecule has 7 heteroatoms. The van der Waals surface area contributed by atoms with Gasteiger partial charge >= 0.3 is 0 Å². The smallest absolute Gasteiger partial charge is 0.249 e. The molecule has 0 spiro atoms. The summed E-state index contributed by atoms with van der Waals surface area (Å²) in [6.45, 7) is 5.33. The molecule has 4 aliphatic rings. The standard InChI is InChI=1S/C18H27F2NO4/c19-18(20)5-14(6-18)16(22)21-7-15-9-25-12-17(15,10-21)11-24-8-13-1-3-23-4-2-13/h13-15H,1-12H2/t15-,17-/m1/s1. The Morgan fingerprint density at radius 1 is 1.20 bits per heavy atom. The monoisotopic (exact) mass is 359 g/mol. The summed E-state index contributed by atoms with van der Waals surface area (Å²) in [6, 6.07) is 0. The molecule has 0 bridgehead atoms. The molecule has 1 saturated carbocycles. The van der Waals surface area contributed by atoms with Gasteiger partial charge in [-0.05, 0) is 18.8 Å². The van der Waals surface area contributed by atoms with Crippen molar-refractivity contribution in [3.8, 4) is 0 Å². The fourth-order valence-corrected chi connectivity index (χ4v) is 4.64. The highest BCUT2D eigenvalue weighted by Gasteiger charge is 2.55. The van der Waals surface area contributed by atoms with Gasteiger partial charge < -0.3 is 19.1 Å². The summed E-state index contributed by atoms with van der Waals surface area (Å²) < 4.78 is 43.2. The number of hydrogen-bond donors (Lipinski definition) is 0. The molecule has 0 radical (unpaired) electrons. The van der Waals surface area contributed by atoms with Gasteiger partial charge in [0.1, 0.15) is 0 Å². The van der Waals surface area contributed by atoms with Gasteiger partial charge in [-0.15, -0.1) is 0 Å². The van der Waals surface area contributed by atoms with Gasteiger partial charge in [-0.1, -0.05) is 0 Å². The maximum Gasteiger partial charge on any atom is 0.249 e. The van der Waals surface area contributed by atoms with Crippen molar-refractivity contribution in [1.82, 2.24) is 4.90 Å². The lowest BCUT2D eigenvalue weighted by atomic mass is 9.80. The third-order valence-corrected chi connectivity index (χ3v) is 6.36. The van der Waals surface area contributed by atoms with Gasteiger partial charge in [-0.2, -0.15) is 0 Å². The predicted octanol–water partition coefficient (Wildman–Crippen LogP) is 1.95. The van der Waals surface area contributed by atoms with Crippen molar-refractivity contribution < 1.29 is 27.8 Å². The first-order valence-electron chi connectivity index (χ1n) is 9.37. The minimum absolute atomic E-state index is 0.107. The van der Waals surface area contributed by atoms with Crippen LogP contribution in [0.3, 0.4) is 0 Å². The summed E-state index contributed by atoms with van der Waals surface area (Å²) >= 11 is 0. The van der Waals surface area contributed by atoms with Crippen LogP contribution in [0.1, 0.15) is 25.7 Å². The molecule has 142 valence electrons. The molecule has 1 amide bonds. The number of nitrogens with zero attached hydrogens (tertiary/aromatic N) is 1. The number of hydrogen-bond acceptors (Lipinski definition) is 4. The van der Waals surface area contributed by atoms with Crippen LogP contribution in [0, 0.1) is 23.2 Å². The lowest BCUT2D eigenvalue weighted by Gasteiger charge is -2.36. The van der Waals surface area contributed by atoms with E-state index >= 15 is 0 Å². The van der Waals surface area contributed by atoms with Crippen molar-refractivity contribution in [2.45, 2.75) is 31.6 Å². The first-order chi connectivity index (χ1) is 12.0. The number of likely N-dealkylation sites (tertiary alicyclic amines) is 1. The SMILES string of the molecule is O=C(C1CC(F)(F)C1)N1C[C@@H]2COC[C@]2(COCC2CCOCC2)C1. The molecule has 0 aromatic carbocycles. The molecule has 3 saturated heterocycles. The lowest BCUT2D eigenvalue weighted by molar-refractivity contribution is -0.159. The Kier molecular flexibility index (Phi) is 4.75. The van der Waals surface area contributed by atoms with E-state index < -0.39 is 11.8 Å². The van der Waals surface area contributed by atoms with Gasteiger partial charge in [-0.3, -0.25) is 4.79 Å². The Hall–Kier alpha value is -0.790. The maximum atomic E-state index is 13.1. The zero-order chi connectivity index (χ0) is 17.5. The molecule has 2 atom stereocenters. The summed E-state index contributed by atoms with van der Waals surface area (Å²) in [6.07, 6.45) is 1.48. The number of rotatable bonds is 5. The van der Waals surface area contributed by atoms with Gasteiger partial charge in [0.25, 0.3) is 0 Å². The second-order valence-corrected chi connectivity index (χ2v) is 8.33. The number of halogens is 2. The topological polar surface area (TPSA) is 48.0 Å². The van der Waals surface area contributed by atoms with Crippen LogP contribution in [-0.2, 0) is 19.0 Å². The average Bonchev–Trinajstić information content (AvgIpc) is 3.10. The summed E-state index contributed by atoms with van der Waals surface area (Å²) in [5.74, 6) is -2.46. The number of carbonyl (C=O) groups is 1. The van der Waals surface area contributed by atoms with Gasteiger partial charge in [0.05, 0.1) is 19.8 Å². The van der Waals surface area contributed by atoms with Crippen LogP contribution in [0.2, 0.25) is 0 Å². The highest BCUT2D eigenvalue weighted by Crippen LogP contribution is 2.46. The van der Waals surface area contributed by atoms with E-state index in [4.69, 9.17) is 14.2 Å². The zero-order valence-electron chi connectivity index (χ0n) is 14.6. The third-order valence-electron chi connectivity index (χ3n) is 6.36. The molecule has 4 rings (SSSR count).